The number of carbonyl (C=O) groups is 1. The van der Waals surface area contributed by atoms with Gasteiger partial charge in [0.2, 0.25) is 0 Å². The topological polar surface area (TPSA) is 33.2 Å². The van der Waals surface area contributed by atoms with Crippen LogP contribution in [0, 0.1) is 0 Å². The molecule has 1 aliphatic rings. The number of rotatable bonds is 3. The van der Waals surface area contributed by atoms with Crippen molar-refractivity contribution in [3.63, 3.8) is 0 Å². The highest BCUT2D eigenvalue weighted by Crippen LogP contribution is 2.30. The van der Waals surface area contributed by atoms with Crippen LogP contribution >= 0.6 is 11.3 Å². The van der Waals surface area contributed by atoms with Crippen molar-refractivity contribution >= 4 is 17.6 Å². The van der Waals surface area contributed by atoms with Gasteiger partial charge in [0.1, 0.15) is 0 Å². The minimum absolute atomic E-state index is 0.575. The molecule has 15 heavy (non-hydrogen) atoms. The predicted molar refractivity (Wildman–Crippen MR) is 61.6 cm³/mol. The fourth-order valence-corrected chi connectivity index (χ4v) is 2.94. The van der Waals surface area contributed by atoms with E-state index < -0.39 is 0 Å². The molecule has 1 fully saturated rings. The molecule has 0 aromatic carbocycles. The molecule has 0 spiro atoms. The summed E-state index contributed by atoms with van der Waals surface area (Å²) in [6.45, 7) is 5.67. The number of piperidine rings is 1. The molecule has 0 radical (unpaired) electrons. The van der Waals surface area contributed by atoms with E-state index in [-0.39, 0.29) is 0 Å². The first-order valence-corrected chi connectivity index (χ1v) is 6.28. The lowest BCUT2D eigenvalue weighted by molar-refractivity contribution is 0.112. The number of thiazole rings is 1. The highest BCUT2D eigenvalue weighted by atomic mass is 32.1. The summed E-state index contributed by atoms with van der Waals surface area (Å²) < 4.78 is 0. The molecule has 1 aromatic heterocycles. The Balaban J connectivity index is 1.97. The number of carbonyl (C=O) groups excluding carboxylic acids is 1. The van der Waals surface area contributed by atoms with Crippen LogP contribution in [0.25, 0.3) is 0 Å². The van der Waals surface area contributed by atoms with Crippen LogP contribution in [-0.4, -0.2) is 35.8 Å². The Morgan fingerprint density at radius 1 is 1.60 bits per heavy atom. The Bertz CT molecular complexity index is 329. The fraction of sp³-hybridized carbons (Fsp3) is 0.636. The summed E-state index contributed by atoms with van der Waals surface area (Å²) in [6, 6.07) is 0. The number of aromatic nitrogens is 1. The monoisotopic (exact) mass is 224 g/mol. The third kappa shape index (κ3) is 2.44. The second-order valence-corrected chi connectivity index (χ2v) is 5.02. The highest BCUT2D eigenvalue weighted by Gasteiger charge is 2.21. The van der Waals surface area contributed by atoms with E-state index in [1.54, 1.807) is 17.5 Å². The Labute approximate surface area is 94.1 Å². The zero-order valence-electron chi connectivity index (χ0n) is 8.98. The molecular formula is C11H16N2OS. The molecule has 0 aliphatic carbocycles. The largest absolute Gasteiger partial charge is 0.304 e. The van der Waals surface area contributed by atoms with E-state index in [9.17, 15) is 4.79 Å². The molecule has 3 nitrogen and oxygen atoms in total. The van der Waals surface area contributed by atoms with Gasteiger partial charge in [-0.05, 0) is 32.5 Å². The van der Waals surface area contributed by atoms with Crippen molar-refractivity contribution in [2.24, 2.45) is 0 Å². The van der Waals surface area contributed by atoms with Gasteiger partial charge in [-0.3, -0.25) is 4.79 Å². The molecule has 0 bridgehead atoms. The van der Waals surface area contributed by atoms with Gasteiger partial charge in [-0.1, -0.05) is 6.92 Å². The van der Waals surface area contributed by atoms with E-state index in [4.69, 9.17) is 0 Å². The van der Waals surface area contributed by atoms with Gasteiger partial charge in [0.05, 0.1) is 9.88 Å². The summed E-state index contributed by atoms with van der Waals surface area (Å²) in [7, 11) is 0. The molecule has 2 heterocycles. The Hall–Kier alpha value is -0.740. The lowest BCUT2D eigenvalue weighted by Gasteiger charge is -2.29. The van der Waals surface area contributed by atoms with Crippen molar-refractivity contribution in [3.05, 3.63) is 16.1 Å². The van der Waals surface area contributed by atoms with Crippen molar-refractivity contribution in [1.29, 1.82) is 0 Å². The van der Waals surface area contributed by atoms with Gasteiger partial charge in [-0.2, -0.15) is 0 Å². The number of aldehydes is 1. The zero-order chi connectivity index (χ0) is 10.7. The lowest BCUT2D eigenvalue weighted by atomic mass is 9.98. The van der Waals surface area contributed by atoms with Crippen LogP contribution in [-0.2, 0) is 0 Å². The third-order valence-electron chi connectivity index (χ3n) is 3.04. The van der Waals surface area contributed by atoms with Crippen LogP contribution in [0.15, 0.2) is 6.20 Å². The number of likely N-dealkylation sites (tertiary alicyclic amines) is 1. The lowest BCUT2D eigenvalue weighted by Crippen LogP contribution is -2.32. The van der Waals surface area contributed by atoms with Crippen molar-refractivity contribution < 1.29 is 4.79 Å². The summed E-state index contributed by atoms with van der Waals surface area (Å²) in [5, 5.41) is 1.15. The van der Waals surface area contributed by atoms with E-state index in [0.717, 1.165) is 35.8 Å². The van der Waals surface area contributed by atoms with Crippen molar-refractivity contribution in [2.75, 3.05) is 19.6 Å². The fourth-order valence-electron chi connectivity index (χ4n) is 2.04. The summed E-state index contributed by atoms with van der Waals surface area (Å²) in [6.07, 6.45) is 4.95. The Morgan fingerprint density at radius 2 is 2.33 bits per heavy atom. The van der Waals surface area contributed by atoms with Crippen LogP contribution in [0.1, 0.15) is 40.4 Å². The predicted octanol–water partition coefficient (Wildman–Crippen LogP) is 2.15. The number of hydrogen-bond acceptors (Lipinski definition) is 4. The molecule has 0 unspecified atom stereocenters. The van der Waals surface area contributed by atoms with Gasteiger partial charge in [-0.15, -0.1) is 11.3 Å². The standard InChI is InChI=1S/C11H16N2OS/c1-2-13-5-3-9(4-6-13)11-12-7-10(8-14)15-11/h7-9H,2-6H2,1H3. The van der Waals surface area contributed by atoms with Gasteiger partial charge in [-0.25, -0.2) is 4.98 Å². The van der Waals surface area contributed by atoms with Crippen molar-refractivity contribution in [3.8, 4) is 0 Å². The molecule has 1 saturated heterocycles. The quantitative estimate of drug-likeness (QED) is 0.738. The van der Waals surface area contributed by atoms with E-state index >= 15 is 0 Å². The van der Waals surface area contributed by atoms with E-state index in [1.165, 1.54) is 12.8 Å². The van der Waals surface area contributed by atoms with Crippen LogP contribution in [0.3, 0.4) is 0 Å². The molecule has 82 valence electrons. The first kappa shape index (κ1) is 10.8. The zero-order valence-corrected chi connectivity index (χ0v) is 9.80. The van der Waals surface area contributed by atoms with E-state index in [0.29, 0.717) is 5.92 Å². The molecule has 4 heteroatoms. The van der Waals surface area contributed by atoms with Crippen molar-refractivity contribution in [1.82, 2.24) is 9.88 Å². The van der Waals surface area contributed by atoms with Gasteiger partial charge in [0.15, 0.2) is 6.29 Å². The smallest absolute Gasteiger partial charge is 0.161 e. The summed E-state index contributed by atoms with van der Waals surface area (Å²) in [5.41, 5.74) is 0. The maximum absolute atomic E-state index is 10.6. The first-order chi connectivity index (χ1) is 7.33. The van der Waals surface area contributed by atoms with Crippen molar-refractivity contribution in [2.45, 2.75) is 25.7 Å². The Morgan fingerprint density at radius 3 is 2.87 bits per heavy atom. The molecule has 1 aliphatic heterocycles. The molecule has 0 atom stereocenters. The van der Waals surface area contributed by atoms with Crippen LogP contribution in [0.2, 0.25) is 0 Å². The van der Waals surface area contributed by atoms with E-state index in [1.807, 2.05) is 0 Å². The van der Waals surface area contributed by atoms with Gasteiger partial charge in [0.25, 0.3) is 0 Å². The summed E-state index contributed by atoms with van der Waals surface area (Å²) >= 11 is 1.55. The third-order valence-corrected chi connectivity index (χ3v) is 4.13. The molecule has 2 rings (SSSR count). The van der Waals surface area contributed by atoms with Crippen LogP contribution in [0.4, 0.5) is 0 Å². The second kappa shape index (κ2) is 4.86. The van der Waals surface area contributed by atoms with Gasteiger partial charge >= 0.3 is 0 Å². The molecule has 0 N–H and O–H groups in total. The normalized spacial score (nSPS) is 19.3. The van der Waals surface area contributed by atoms with Crippen LogP contribution < -0.4 is 0 Å². The number of nitrogens with zero attached hydrogens (tertiary/aromatic N) is 2. The summed E-state index contributed by atoms with van der Waals surface area (Å²) in [4.78, 5) is 18.1. The molecule has 0 amide bonds. The van der Waals surface area contributed by atoms with Crippen LogP contribution in [0.5, 0.6) is 0 Å². The minimum atomic E-state index is 0.575. The van der Waals surface area contributed by atoms with Gasteiger partial charge in [0, 0.05) is 12.1 Å². The average Bonchev–Trinajstić information content (AvgIpc) is 2.78. The number of hydrogen-bond donors (Lipinski definition) is 0. The Kier molecular flexibility index (Phi) is 3.49. The van der Waals surface area contributed by atoms with E-state index in [2.05, 4.69) is 16.8 Å². The average molecular weight is 224 g/mol. The minimum Gasteiger partial charge on any atom is -0.304 e. The van der Waals surface area contributed by atoms with Gasteiger partial charge < -0.3 is 4.90 Å². The summed E-state index contributed by atoms with van der Waals surface area (Å²) in [5.74, 6) is 0.575. The molecule has 0 saturated carbocycles. The molecule has 1 aromatic rings. The first-order valence-electron chi connectivity index (χ1n) is 5.46. The maximum Gasteiger partial charge on any atom is 0.161 e. The maximum atomic E-state index is 10.6. The highest BCUT2D eigenvalue weighted by molar-refractivity contribution is 7.13. The molecular weight excluding hydrogens is 208 g/mol. The SMILES string of the molecule is CCN1CCC(c2ncc(C=O)s2)CC1. The second-order valence-electron chi connectivity index (χ2n) is 3.93.